The third kappa shape index (κ3) is 6.74. The number of piperidine rings is 2. The zero-order chi connectivity index (χ0) is 23.8. The Morgan fingerprint density at radius 2 is 1.59 bits per heavy atom. The van der Waals surface area contributed by atoms with Crippen molar-refractivity contribution in [3.05, 3.63) is 29.8 Å². The van der Waals surface area contributed by atoms with Crippen molar-refractivity contribution in [3.63, 3.8) is 0 Å². The number of carbonyl (C=O) groups excluding carboxylic acids is 2. The van der Waals surface area contributed by atoms with Crippen molar-refractivity contribution in [2.24, 2.45) is 5.92 Å². The minimum absolute atomic E-state index is 0.122. The van der Waals surface area contributed by atoms with Crippen LogP contribution in [0.1, 0.15) is 87.9 Å². The molecule has 0 aromatic heterocycles. The molecule has 3 aliphatic rings. The van der Waals surface area contributed by atoms with Crippen molar-refractivity contribution in [1.29, 1.82) is 0 Å². The second-order valence-corrected chi connectivity index (χ2v) is 10.4. The highest BCUT2D eigenvalue weighted by Gasteiger charge is 2.32. The topological polar surface area (TPSA) is 61.9 Å². The summed E-state index contributed by atoms with van der Waals surface area (Å²) in [5.41, 5.74) is 0.742. The van der Waals surface area contributed by atoms with Crippen LogP contribution in [0.25, 0.3) is 0 Å². The van der Waals surface area contributed by atoms with E-state index in [2.05, 4.69) is 17.1 Å². The van der Waals surface area contributed by atoms with Gasteiger partial charge in [-0.2, -0.15) is 0 Å². The number of carbonyl (C=O) groups is 2. The van der Waals surface area contributed by atoms with Gasteiger partial charge in [0.25, 0.3) is 5.91 Å². The molecule has 1 saturated carbocycles. The average molecular weight is 470 g/mol. The quantitative estimate of drug-likeness (QED) is 0.564. The molecule has 2 heterocycles. The summed E-state index contributed by atoms with van der Waals surface area (Å²) in [4.78, 5) is 30.2. The van der Waals surface area contributed by atoms with Crippen molar-refractivity contribution in [2.75, 3.05) is 32.8 Å². The van der Waals surface area contributed by atoms with Crippen LogP contribution in [0, 0.1) is 5.92 Å². The number of amides is 2. The zero-order valence-electron chi connectivity index (χ0n) is 21.0. The highest BCUT2D eigenvalue weighted by molar-refractivity contribution is 5.94. The first-order chi connectivity index (χ1) is 16.6. The number of rotatable bonds is 8. The van der Waals surface area contributed by atoms with E-state index in [0.717, 1.165) is 95.5 Å². The van der Waals surface area contributed by atoms with Gasteiger partial charge in [-0.15, -0.1) is 0 Å². The first-order valence-electron chi connectivity index (χ1n) is 13.7. The summed E-state index contributed by atoms with van der Waals surface area (Å²) < 4.78 is 5.71. The van der Waals surface area contributed by atoms with Crippen LogP contribution >= 0.6 is 0 Å². The number of hydrogen-bond donors (Lipinski definition) is 1. The summed E-state index contributed by atoms with van der Waals surface area (Å²) in [6, 6.07) is 8.53. The van der Waals surface area contributed by atoms with E-state index >= 15 is 0 Å². The molecule has 0 unspecified atom stereocenters. The van der Waals surface area contributed by atoms with E-state index < -0.39 is 0 Å². The molecule has 188 valence electrons. The smallest absolute Gasteiger partial charge is 0.253 e. The van der Waals surface area contributed by atoms with E-state index in [1.807, 2.05) is 29.2 Å². The van der Waals surface area contributed by atoms with E-state index in [4.69, 9.17) is 4.74 Å². The van der Waals surface area contributed by atoms with Crippen molar-refractivity contribution < 1.29 is 14.3 Å². The highest BCUT2D eigenvalue weighted by atomic mass is 16.5. The molecule has 1 aromatic carbocycles. The Morgan fingerprint density at radius 3 is 2.24 bits per heavy atom. The zero-order valence-corrected chi connectivity index (χ0v) is 21.0. The molecule has 0 atom stereocenters. The molecule has 0 spiro atoms. The molecule has 2 saturated heterocycles. The first kappa shape index (κ1) is 25.0. The van der Waals surface area contributed by atoms with Crippen LogP contribution in [0.15, 0.2) is 24.3 Å². The molecule has 1 aromatic rings. The fourth-order valence-electron chi connectivity index (χ4n) is 5.74. The van der Waals surface area contributed by atoms with Gasteiger partial charge >= 0.3 is 0 Å². The fourth-order valence-corrected chi connectivity index (χ4v) is 5.74. The van der Waals surface area contributed by atoms with Gasteiger partial charge in [0.2, 0.25) is 5.91 Å². The number of nitrogens with zero attached hydrogens (tertiary/aromatic N) is 2. The van der Waals surface area contributed by atoms with Crippen molar-refractivity contribution in [1.82, 2.24) is 15.1 Å². The Bertz CT molecular complexity index is 775. The summed E-state index contributed by atoms with van der Waals surface area (Å²) in [5, 5.41) is 3.32. The van der Waals surface area contributed by atoms with Crippen LogP contribution in [0.3, 0.4) is 0 Å². The van der Waals surface area contributed by atoms with Crippen LogP contribution in [0.4, 0.5) is 0 Å². The van der Waals surface area contributed by atoms with Gasteiger partial charge in [0.15, 0.2) is 0 Å². The lowest BCUT2D eigenvalue weighted by molar-refractivity contribution is -0.127. The van der Waals surface area contributed by atoms with E-state index in [1.54, 1.807) is 0 Å². The Hall–Kier alpha value is -2.08. The van der Waals surface area contributed by atoms with E-state index in [9.17, 15) is 9.59 Å². The summed E-state index contributed by atoms with van der Waals surface area (Å²) in [7, 11) is 0. The van der Waals surface area contributed by atoms with Crippen LogP contribution in [0.5, 0.6) is 5.75 Å². The van der Waals surface area contributed by atoms with Crippen molar-refractivity contribution in [3.8, 4) is 5.75 Å². The number of likely N-dealkylation sites (tertiary alicyclic amines) is 2. The summed E-state index contributed by atoms with van der Waals surface area (Å²) >= 11 is 0. The number of hydrogen-bond acceptors (Lipinski definition) is 4. The molecule has 1 aliphatic carbocycles. The maximum atomic E-state index is 13.0. The molecule has 34 heavy (non-hydrogen) atoms. The first-order valence-corrected chi connectivity index (χ1v) is 13.7. The van der Waals surface area contributed by atoms with Crippen LogP contribution in [-0.2, 0) is 4.79 Å². The monoisotopic (exact) mass is 469 g/mol. The molecule has 6 heteroatoms. The van der Waals surface area contributed by atoms with Gasteiger partial charge in [0.05, 0.1) is 6.61 Å². The maximum Gasteiger partial charge on any atom is 0.253 e. The summed E-state index contributed by atoms with van der Waals surface area (Å²) in [6.07, 6.45) is 12.2. The molecule has 0 radical (unpaired) electrons. The van der Waals surface area contributed by atoms with Crippen LogP contribution in [-0.4, -0.2) is 66.5 Å². The third-order valence-electron chi connectivity index (χ3n) is 7.99. The molecular formula is C28H43N3O3. The normalized spacial score (nSPS) is 21.4. The van der Waals surface area contributed by atoms with Crippen molar-refractivity contribution >= 4 is 11.8 Å². The standard InChI is InChI=1S/C28H43N3O3/c1-2-3-21-34-26-11-9-23(10-12-26)28(33)31-19-15-25(16-20-31)30-17-13-22(14-18-30)27(32)29-24-7-5-4-6-8-24/h9-12,22,24-25H,2-8,13-21H2,1H3,(H,29,32). The molecule has 6 nitrogen and oxygen atoms in total. The molecule has 2 aliphatic heterocycles. The lowest BCUT2D eigenvalue weighted by Crippen LogP contribution is -2.50. The Balaban J connectivity index is 1.17. The lowest BCUT2D eigenvalue weighted by Gasteiger charge is -2.41. The van der Waals surface area contributed by atoms with Gasteiger partial charge < -0.3 is 19.9 Å². The Kier molecular flexibility index (Phi) is 9.25. The third-order valence-corrected chi connectivity index (χ3v) is 7.99. The maximum absolute atomic E-state index is 13.0. The minimum Gasteiger partial charge on any atom is -0.494 e. The predicted molar refractivity (Wildman–Crippen MR) is 135 cm³/mol. The lowest BCUT2D eigenvalue weighted by atomic mass is 9.91. The SMILES string of the molecule is CCCCOc1ccc(C(=O)N2CCC(N3CCC(C(=O)NC4CCCCC4)CC3)CC2)cc1. The number of ether oxygens (including phenoxy) is 1. The summed E-state index contributed by atoms with van der Waals surface area (Å²) in [6.45, 7) is 6.48. The van der Waals surface area contributed by atoms with Gasteiger partial charge in [-0.3, -0.25) is 9.59 Å². The van der Waals surface area contributed by atoms with Crippen LogP contribution in [0.2, 0.25) is 0 Å². The molecule has 0 bridgehead atoms. The van der Waals surface area contributed by atoms with E-state index in [-0.39, 0.29) is 17.7 Å². The molecule has 4 rings (SSSR count). The highest BCUT2D eigenvalue weighted by Crippen LogP contribution is 2.26. The predicted octanol–water partition coefficient (Wildman–Crippen LogP) is 4.63. The molecule has 2 amide bonds. The van der Waals surface area contributed by atoms with Gasteiger partial charge in [0, 0.05) is 36.7 Å². The molecule has 1 N–H and O–H groups in total. The second-order valence-electron chi connectivity index (χ2n) is 10.4. The molecular weight excluding hydrogens is 426 g/mol. The summed E-state index contributed by atoms with van der Waals surface area (Å²) in [5.74, 6) is 1.42. The molecule has 3 fully saturated rings. The van der Waals surface area contributed by atoms with Gasteiger partial charge in [0.1, 0.15) is 5.75 Å². The van der Waals surface area contributed by atoms with Gasteiger partial charge in [-0.1, -0.05) is 32.6 Å². The number of nitrogens with one attached hydrogen (secondary N) is 1. The largest absolute Gasteiger partial charge is 0.494 e. The van der Waals surface area contributed by atoms with Gasteiger partial charge in [-0.05, 0) is 82.3 Å². The average Bonchev–Trinajstić information content (AvgIpc) is 2.90. The van der Waals surface area contributed by atoms with Gasteiger partial charge in [-0.25, -0.2) is 0 Å². The van der Waals surface area contributed by atoms with E-state index in [1.165, 1.54) is 19.3 Å². The number of unbranched alkanes of at least 4 members (excludes halogenated alkanes) is 1. The minimum atomic E-state index is 0.122. The van der Waals surface area contributed by atoms with Crippen molar-refractivity contribution in [2.45, 2.75) is 89.6 Å². The second kappa shape index (κ2) is 12.6. The number of benzene rings is 1. The van der Waals surface area contributed by atoms with Crippen LogP contribution < -0.4 is 10.1 Å². The van der Waals surface area contributed by atoms with E-state index in [0.29, 0.717) is 12.1 Å². The Morgan fingerprint density at radius 1 is 0.912 bits per heavy atom. The fraction of sp³-hybridized carbons (Fsp3) is 0.714. The Labute approximate surface area is 205 Å².